The van der Waals surface area contributed by atoms with E-state index in [1.165, 1.54) is 6.33 Å². The van der Waals surface area contributed by atoms with E-state index in [1.807, 2.05) is 90.8 Å². The number of nitrogens with one attached hydrogen (secondary N) is 1. The Morgan fingerprint density at radius 2 is 1.60 bits per heavy atom. The Hall–Kier alpha value is -5.12. The van der Waals surface area contributed by atoms with Crippen molar-refractivity contribution in [2.24, 2.45) is 4.99 Å². The van der Waals surface area contributed by atoms with E-state index in [1.54, 1.807) is 25.9 Å². The maximum absolute atomic E-state index is 13.2. The molecule has 2 aromatic heterocycles. The number of fused-ring (bicyclic) bond motifs is 1. The Kier molecular flexibility index (Phi) is 10.8. The summed E-state index contributed by atoms with van der Waals surface area (Å²) in [6, 6.07) is 25.1. The first-order valence-corrected chi connectivity index (χ1v) is 17.5. The molecule has 2 fully saturated rings. The lowest BCUT2D eigenvalue weighted by atomic mass is 9.79. The summed E-state index contributed by atoms with van der Waals surface area (Å²) in [4.78, 5) is 31.6. The Morgan fingerprint density at radius 3 is 2.21 bits per heavy atom. The van der Waals surface area contributed by atoms with Crippen LogP contribution in [0.25, 0.3) is 11.2 Å². The zero-order valence-corrected chi connectivity index (χ0v) is 30.2. The summed E-state index contributed by atoms with van der Waals surface area (Å²) < 4.78 is 38.0. The molecule has 4 atom stereocenters. The number of hydrogen-bond acceptors (Lipinski definition) is 11. The highest BCUT2D eigenvalue weighted by molar-refractivity contribution is 5.86. The van der Waals surface area contributed by atoms with E-state index < -0.39 is 35.7 Å². The fourth-order valence-corrected chi connectivity index (χ4v) is 7.02. The molecule has 7 rings (SSSR count). The van der Waals surface area contributed by atoms with Gasteiger partial charge in [-0.05, 0) is 47.4 Å². The minimum Gasteiger partial charge on any atom is -0.497 e. The number of H-pyrrole nitrogens is 1. The van der Waals surface area contributed by atoms with Crippen LogP contribution in [-0.2, 0) is 24.5 Å². The van der Waals surface area contributed by atoms with Gasteiger partial charge in [0, 0.05) is 27.1 Å². The van der Waals surface area contributed by atoms with Gasteiger partial charge in [0.05, 0.1) is 40.4 Å². The van der Waals surface area contributed by atoms with Gasteiger partial charge < -0.3 is 38.4 Å². The molecule has 3 aromatic carbocycles. The molecule has 14 heteroatoms. The Morgan fingerprint density at radius 1 is 0.943 bits per heavy atom. The summed E-state index contributed by atoms with van der Waals surface area (Å²) in [5, 5.41) is 12.3. The highest BCUT2D eigenvalue weighted by Gasteiger charge is 2.48. The molecule has 0 saturated carbocycles. The number of hydrogen-bond donors (Lipinski definition) is 2. The van der Waals surface area contributed by atoms with Crippen LogP contribution in [0, 0.1) is 0 Å². The molecule has 2 aliphatic heterocycles. The number of aliphatic imine (C=N–C) groups is 1. The molecule has 2 saturated heterocycles. The second-order valence-electron chi connectivity index (χ2n) is 13.0. The SMILES string of the molecule is COCCO[C@@H]1[C@H](O)C(OC(c2ccccc2)(c2ccc(OC)cc2)c2ccc(OC)cc2)CO[C@H]1n1cnc2c(=O)[nH]c(/N=C3\CCCN3C)nc21. The van der Waals surface area contributed by atoms with E-state index in [-0.39, 0.29) is 36.9 Å². The van der Waals surface area contributed by atoms with Crippen molar-refractivity contribution in [1.82, 2.24) is 24.4 Å². The van der Waals surface area contributed by atoms with Gasteiger partial charge in [-0.2, -0.15) is 9.98 Å². The number of ether oxygens (including phenoxy) is 6. The van der Waals surface area contributed by atoms with Crippen molar-refractivity contribution in [3.05, 3.63) is 112 Å². The summed E-state index contributed by atoms with van der Waals surface area (Å²) >= 11 is 0. The number of aromatic amines is 1. The third-order valence-electron chi connectivity index (χ3n) is 9.79. The van der Waals surface area contributed by atoms with Gasteiger partial charge >= 0.3 is 0 Å². The molecule has 0 radical (unpaired) electrons. The highest BCUT2D eigenvalue weighted by Crippen LogP contribution is 2.44. The van der Waals surface area contributed by atoms with Crippen LogP contribution < -0.4 is 15.0 Å². The van der Waals surface area contributed by atoms with E-state index in [0.717, 1.165) is 41.9 Å². The molecular weight excluding hydrogens is 680 g/mol. The van der Waals surface area contributed by atoms with E-state index in [2.05, 4.69) is 19.9 Å². The third-order valence-corrected chi connectivity index (χ3v) is 9.79. The number of imidazole rings is 1. The summed E-state index contributed by atoms with van der Waals surface area (Å²) in [5.74, 6) is 2.37. The van der Waals surface area contributed by atoms with Crippen molar-refractivity contribution in [3.63, 3.8) is 0 Å². The first-order chi connectivity index (χ1) is 25.9. The van der Waals surface area contributed by atoms with E-state index in [9.17, 15) is 9.90 Å². The smallest absolute Gasteiger partial charge is 0.280 e. The van der Waals surface area contributed by atoms with E-state index >= 15 is 0 Å². The van der Waals surface area contributed by atoms with Gasteiger partial charge in [0.15, 0.2) is 17.4 Å². The molecule has 5 aromatic rings. The lowest BCUT2D eigenvalue weighted by Gasteiger charge is -2.45. The topological polar surface area (TPSA) is 155 Å². The van der Waals surface area contributed by atoms with Crippen molar-refractivity contribution in [1.29, 1.82) is 0 Å². The van der Waals surface area contributed by atoms with Crippen molar-refractivity contribution < 1.29 is 33.5 Å². The predicted molar refractivity (Wildman–Crippen MR) is 197 cm³/mol. The van der Waals surface area contributed by atoms with Crippen molar-refractivity contribution in [3.8, 4) is 11.5 Å². The van der Waals surface area contributed by atoms with Crippen LogP contribution in [0.5, 0.6) is 11.5 Å². The molecule has 2 N–H and O–H groups in total. The fourth-order valence-electron chi connectivity index (χ4n) is 7.02. The number of amidine groups is 1. The average molecular weight is 725 g/mol. The van der Waals surface area contributed by atoms with Gasteiger partial charge in [0.25, 0.3) is 5.56 Å². The monoisotopic (exact) mass is 724 g/mol. The van der Waals surface area contributed by atoms with Crippen LogP contribution >= 0.6 is 0 Å². The third kappa shape index (κ3) is 7.15. The number of methoxy groups -OCH3 is 3. The lowest BCUT2D eigenvalue weighted by molar-refractivity contribution is -0.252. The van der Waals surface area contributed by atoms with Gasteiger partial charge in [0.2, 0.25) is 5.95 Å². The van der Waals surface area contributed by atoms with Crippen LogP contribution in [0.1, 0.15) is 35.8 Å². The molecular formula is C39H44N6O8. The van der Waals surface area contributed by atoms with Gasteiger partial charge in [-0.25, -0.2) is 4.98 Å². The molecule has 0 bridgehead atoms. The fraction of sp³-hybridized carbons (Fsp3) is 0.385. The van der Waals surface area contributed by atoms with Gasteiger partial charge in [-0.1, -0.05) is 54.6 Å². The quantitative estimate of drug-likeness (QED) is 0.133. The zero-order valence-electron chi connectivity index (χ0n) is 30.2. The van der Waals surface area contributed by atoms with Gasteiger partial charge in [-0.15, -0.1) is 0 Å². The van der Waals surface area contributed by atoms with Crippen molar-refractivity contribution in [2.75, 3.05) is 54.7 Å². The highest BCUT2D eigenvalue weighted by atomic mass is 16.6. The Labute approximate surface area is 306 Å². The largest absolute Gasteiger partial charge is 0.497 e. The minimum atomic E-state index is -1.23. The second-order valence-corrected chi connectivity index (χ2v) is 13.0. The van der Waals surface area contributed by atoms with Crippen molar-refractivity contribution >= 4 is 22.9 Å². The first-order valence-electron chi connectivity index (χ1n) is 17.5. The number of aromatic nitrogens is 4. The molecule has 14 nitrogen and oxygen atoms in total. The van der Waals surface area contributed by atoms with Crippen LogP contribution in [-0.4, -0.2) is 108 Å². The summed E-state index contributed by atoms with van der Waals surface area (Å²) in [5.41, 5.74) is 1.13. The molecule has 278 valence electrons. The number of rotatable bonds is 13. The lowest BCUT2D eigenvalue weighted by Crippen LogP contribution is -2.55. The van der Waals surface area contributed by atoms with Crippen LogP contribution in [0.15, 0.2) is 95.0 Å². The maximum Gasteiger partial charge on any atom is 0.280 e. The molecule has 0 aliphatic carbocycles. The van der Waals surface area contributed by atoms with Crippen molar-refractivity contribution in [2.45, 2.75) is 43.0 Å². The molecule has 0 spiro atoms. The Bertz CT molecular complexity index is 2020. The standard InChI is InChI=1S/C39H44N6O8/c1-44-20-8-11-31(44)41-38-42-35-32(36(47)43-38)40-24-45(35)37-34(51-22-21-48-2)33(46)30(23-52-37)53-39(25-9-6-5-7-10-25,26-12-16-28(49-3)17-13-26)27-14-18-29(50-4)19-15-27/h5-7,9-10,12-19,24,30,33-34,37,46H,8,11,20-23H2,1-4H3,(H,42,43,47)/b41-31+/t30?,33-,34-,37-/m1/s1. The van der Waals surface area contributed by atoms with Crippen LogP contribution in [0.3, 0.4) is 0 Å². The van der Waals surface area contributed by atoms with E-state index in [0.29, 0.717) is 11.5 Å². The second kappa shape index (κ2) is 15.9. The normalized spacial score (nSPS) is 21.4. The predicted octanol–water partition coefficient (Wildman–Crippen LogP) is 4.19. The molecule has 2 aliphatic rings. The van der Waals surface area contributed by atoms with E-state index in [4.69, 9.17) is 28.4 Å². The minimum absolute atomic E-state index is 0.0420. The van der Waals surface area contributed by atoms with Crippen LogP contribution in [0.4, 0.5) is 5.95 Å². The molecule has 4 heterocycles. The summed E-state index contributed by atoms with van der Waals surface area (Å²) in [6.45, 7) is 1.26. The number of aliphatic hydroxyl groups excluding tert-OH is 1. The maximum atomic E-state index is 13.2. The summed E-state index contributed by atoms with van der Waals surface area (Å²) in [6.07, 6.45) is -0.823. The zero-order chi connectivity index (χ0) is 37.0. The number of aliphatic hydroxyl groups is 1. The Balaban J connectivity index is 1.30. The molecule has 1 unspecified atom stereocenters. The van der Waals surface area contributed by atoms with Crippen LogP contribution in [0.2, 0.25) is 0 Å². The molecule has 0 amide bonds. The summed E-state index contributed by atoms with van der Waals surface area (Å²) in [7, 11) is 6.77. The molecule has 53 heavy (non-hydrogen) atoms. The average Bonchev–Trinajstić information content (AvgIpc) is 3.81. The van der Waals surface area contributed by atoms with Gasteiger partial charge in [-0.3, -0.25) is 14.3 Å². The van der Waals surface area contributed by atoms with Gasteiger partial charge in [0.1, 0.15) is 41.2 Å². The number of nitrogens with zero attached hydrogens (tertiary/aromatic N) is 5. The number of likely N-dealkylation sites (tertiary alicyclic amines) is 1. The number of benzene rings is 3. The first kappa shape index (κ1) is 36.2.